The normalized spacial score (nSPS) is 13.9. The summed E-state index contributed by atoms with van der Waals surface area (Å²) in [6.07, 6.45) is 0. The molecule has 1 aliphatic heterocycles. The van der Waals surface area contributed by atoms with E-state index in [1.807, 2.05) is 12.1 Å². The number of carbonyl (C=O) groups excluding carboxylic acids is 1. The summed E-state index contributed by atoms with van der Waals surface area (Å²) in [6, 6.07) is 7.13. The fraction of sp³-hybridized carbons (Fsp3) is 0.300. The lowest BCUT2D eigenvalue weighted by molar-refractivity contribution is -0.127. The van der Waals surface area contributed by atoms with Gasteiger partial charge in [0.2, 0.25) is 0 Å². The van der Waals surface area contributed by atoms with Gasteiger partial charge in [-0.3, -0.25) is 4.79 Å². The van der Waals surface area contributed by atoms with Crippen LogP contribution in [0.15, 0.2) is 24.3 Å². The zero-order chi connectivity index (χ0) is 9.97. The Bertz CT molecular complexity index is 350. The van der Waals surface area contributed by atoms with Crippen molar-refractivity contribution >= 4 is 17.5 Å². The molecule has 1 heterocycles. The lowest BCUT2D eigenvalue weighted by Gasteiger charge is -2.06. The second-order valence-electron chi connectivity index (χ2n) is 3.10. The molecule has 1 aromatic rings. The van der Waals surface area contributed by atoms with E-state index in [4.69, 9.17) is 16.3 Å². The van der Waals surface area contributed by atoms with Crippen LogP contribution in [0.4, 0.5) is 0 Å². The molecule has 2 rings (SSSR count). The number of rotatable bonds is 3. The average Bonchev–Trinajstić information content (AvgIpc) is 2.99. The number of ether oxygens (including phenoxy) is 1. The molecular weight excluding hydrogens is 202 g/mol. The molecule has 14 heavy (non-hydrogen) atoms. The van der Waals surface area contributed by atoms with Crippen LogP contribution < -0.4 is 4.74 Å². The summed E-state index contributed by atoms with van der Waals surface area (Å²) >= 11 is 5.85. The quantitative estimate of drug-likeness (QED) is 0.711. The molecule has 0 N–H and O–H groups in total. The molecule has 0 bridgehead atoms. The average molecular weight is 212 g/mol. The minimum Gasteiger partial charge on any atom is -0.482 e. The zero-order valence-corrected chi connectivity index (χ0v) is 8.33. The molecule has 1 aliphatic rings. The van der Waals surface area contributed by atoms with Gasteiger partial charge in [-0.2, -0.15) is 0 Å². The van der Waals surface area contributed by atoms with Crippen molar-refractivity contribution in [2.45, 2.75) is 0 Å². The van der Waals surface area contributed by atoms with E-state index in [2.05, 4.69) is 0 Å². The van der Waals surface area contributed by atoms with Crippen LogP contribution in [-0.4, -0.2) is 30.5 Å². The Morgan fingerprint density at radius 1 is 1.43 bits per heavy atom. The van der Waals surface area contributed by atoms with Crippen LogP contribution in [0, 0.1) is 0 Å². The van der Waals surface area contributed by atoms with E-state index in [1.165, 1.54) is 0 Å². The summed E-state index contributed by atoms with van der Waals surface area (Å²) in [5, 5.41) is 0.533. The van der Waals surface area contributed by atoms with Crippen molar-refractivity contribution in [1.82, 2.24) is 4.90 Å². The van der Waals surface area contributed by atoms with Crippen LogP contribution in [0.5, 0.6) is 5.75 Å². The molecule has 3 nitrogen and oxygen atoms in total. The molecule has 0 radical (unpaired) electrons. The lowest BCUT2D eigenvalue weighted by Crippen LogP contribution is -2.19. The molecular formula is C10H10ClNO2. The molecule has 0 atom stereocenters. The van der Waals surface area contributed by atoms with Crippen LogP contribution in [0.2, 0.25) is 5.02 Å². The van der Waals surface area contributed by atoms with Crippen molar-refractivity contribution in [3.63, 3.8) is 0 Å². The first-order valence-corrected chi connectivity index (χ1v) is 4.80. The highest BCUT2D eigenvalue weighted by Crippen LogP contribution is 2.23. The van der Waals surface area contributed by atoms with Crippen LogP contribution in [0.1, 0.15) is 0 Å². The van der Waals surface area contributed by atoms with E-state index in [9.17, 15) is 4.79 Å². The number of halogens is 1. The molecule has 4 heteroatoms. The summed E-state index contributed by atoms with van der Waals surface area (Å²) in [7, 11) is 0. The van der Waals surface area contributed by atoms with Gasteiger partial charge in [0.15, 0.2) is 6.61 Å². The summed E-state index contributed by atoms with van der Waals surface area (Å²) in [6.45, 7) is 1.78. The second kappa shape index (κ2) is 3.88. The first kappa shape index (κ1) is 9.34. The summed E-state index contributed by atoms with van der Waals surface area (Å²) in [5.74, 6) is 0.578. The first-order valence-electron chi connectivity index (χ1n) is 4.42. The van der Waals surface area contributed by atoms with Crippen LogP contribution in [0.3, 0.4) is 0 Å². The van der Waals surface area contributed by atoms with Gasteiger partial charge < -0.3 is 9.64 Å². The Morgan fingerprint density at radius 2 is 2.14 bits per heavy atom. The maximum atomic E-state index is 11.2. The predicted molar refractivity (Wildman–Crippen MR) is 53.5 cm³/mol. The van der Waals surface area contributed by atoms with Gasteiger partial charge in [-0.25, -0.2) is 0 Å². The molecule has 0 spiro atoms. The van der Waals surface area contributed by atoms with Crippen LogP contribution in [0.25, 0.3) is 0 Å². The maximum Gasteiger partial charge on any atom is 0.260 e. The van der Waals surface area contributed by atoms with Crippen molar-refractivity contribution in [1.29, 1.82) is 0 Å². The molecule has 1 fully saturated rings. The number of carbonyl (C=O) groups is 1. The third-order valence-electron chi connectivity index (χ3n) is 1.99. The van der Waals surface area contributed by atoms with E-state index in [-0.39, 0.29) is 12.5 Å². The molecule has 0 unspecified atom stereocenters. The third-order valence-corrected chi connectivity index (χ3v) is 2.30. The minimum absolute atomic E-state index is 0.0184. The van der Waals surface area contributed by atoms with Gasteiger partial charge in [0.25, 0.3) is 5.91 Å². The standard InChI is InChI=1S/C10H10ClNO2/c11-8-3-1-2-4-9(8)14-7-10(13)12-5-6-12/h1-4H,5-7H2. The van der Waals surface area contributed by atoms with E-state index in [0.717, 1.165) is 13.1 Å². The lowest BCUT2D eigenvalue weighted by atomic mass is 10.3. The van der Waals surface area contributed by atoms with Crippen molar-refractivity contribution in [2.24, 2.45) is 0 Å². The van der Waals surface area contributed by atoms with E-state index >= 15 is 0 Å². The highest BCUT2D eigenvalue weighted by molar-refractivity contribution is 6.32. The molecule has 74 valence electrons. The molecule has 0 aliphatic carbocycles. The Labute approximate surface area is 87.2 Å². The molecule has 0 saturated carbocycles. The van der Waals surface area contributed by atoms with Crippen molar-refractivity contribution in [3.8, 4) is 5.75 Å². The second-order valence-corrected chi connectivity index (χ2v) is 3.51. The van der Waals surface area contributed by atoms with E-state index in [0.29, 0.717) is 10.8 Å². The summed E-state index contributed by atoms with van der Waals surface area (Å²) < 4.78 is 5.28. The number of amides is 1. The molecule has 1 saturated heterocycles. The van der Waals surface area contributed by atoms with Gasteiger partial charge in [-0.05, 0) is 12.1 Å². The van der Waals surface area contributed by atoms with Crippen LogP contribution in [-0.2, 0) is 4.79 Å². The predicted octanol–water partition coefficient (Wildman–Crippen LogP) is 1.56. The van der Waals surface area contributed by atoms with Crippen molar-refractivity contribution in [2.75, 3.05) is 19.7 Å². The van der Waals surface area contributed by atoms with Gasteiger partial charge in [-0.1, -0.05) is 23.7 Å². The topological polar surface area (TPSA) is 29.3 Å². The number of nitrogens with zero attached hydrogens (tertiary/aromatic N) is 1. The van der Waals surface area contributed by atoms with Gasteiger partial charge in [-0.15, -0.1) is 0 Å². The van der Waals surface area contributed by atoms with Gasteiger partial charge in [0, 0.05) is 13.1 Å². The van der Waals surface area contributed by atoms with Gasteiger partial charge in [0.1, 0.15) is 5.75 Å². The first-order chi connectivity index (χ1) is 6.77. The Hall–Kier alpha value is -1.22. The Kier molecular flexibility index (Phi) is 2.59. The fourth-order valence-electron chi connectivity index (χ4n) is 1.09. The van der Waals surface area contributed by atoms with Gasteiger partial charge >= 0.3 is 0 Å². The highest BCUT2D eigenvalue weighted by Gasteiger charge is 2.24. The van der Waals surface area contributed by atoms with Crippen molar-refractivity contribution < 1.29 is 9.53 Å². The number of para-hydroxylation sites is 1. The number of hydrogen-bond donors (Lipinski definition) is 0. The summed E-state index contributed by atoms with van der Waals surface area (Å²) in [4.78, 5) is 13.0. The monoisotopic (exact) mass is 211 g/mol. The highest BCUT2D eigenvalue weighted by atomic mass is 35.5. The largest absolute Gasteiger partial charge is 0.482 e. The zero-order valence-electron chi connectivity index (χ0n) is 7.57. The number of benzene rings is 1. The fourth-order valence-corrected chi connectivity index (χ4v) is 1.28. The maximum absolute atomic E-state index is 11.2. The summed E-state index contributed by atoms with van der Waals surface area (Å²) in [5.41, 5.74) is 0. The van der Waals surface area contributed by atoms with Crippen molar-refractivity contribution in [3.05, 3.63) is 29.3 Å². The minimum atomic E-state index is 0.0184. The van der Waals surface area contributed by atoms with E-state index in [1.54, 1.807) is 17.0 Å². The van der Waals surface area contributed by atoms with Gasteiger partial charge in [0.05, 0.1) is 5.02 Å². The smallest absolute Gasteiger partial charge is 0.260 e. The number of hydrogen-bond acceptors (Lipinski definition) is 2. The Morgan fingerprint density at radius 3 is 2.79 bits per heavy atom. The van der Waals surface area contributed by atoms with E-state index < -0.39 is 0 Å². The Balaban J connectivity index is 1.91. The SMILES string of the molecule is O=C(COc1ccccc1Cl)N1CC1. The molecule has 1 aromatic carbocycles. The third kappa shape index (κ3) is 2.17. The van der Waals surface area contributed by atoms with Crippen LogP contribution >= 0.6 is 11.6 Å². The molecule has 1 amide bonds. The molecule has 0 aromatic heterocycles.